The van der Waals surface area contributed by atoms with Crippen LogP contribution in [0.5, 0.6) is 5.75 Å². The molecule has 0 heterocycles. The second-order valence-electron chi connectivity index (χ2n) is 9.27. The molecule has 0 bridgehead atoms. The number of aryl methyl sites for hydroxylation is 2. The van der Waals surface area contributed by atoms with Gasteiger partial charge in [0.1, 0.15) is 0 Å². The van der Waals surface area contributed by atoms with Gasteiger partial charge in [-0.1, -0.05) is 42.5 Å². The summed E-state index contributed by atoms with van der Waals surface area (Å²) in [5.74, 6) is -3.64. The van der Waals surface area contributed by atoms with Gasteiger partial charge in [0.05, 0.1) is 12.7 Å². The van der Waals surface area contributed by atoms with E-state index in [0.717, 1.165) is 17.6 Å². The lowest BCUT2D eigenvalue weighted by molar-refractivity contribution is 0.120. The van der Waals surface area contributed by atoms with Crippen LogP contribution in [0.3, 0.4) is 0 Å². The highest BCUT2D eigenvalue weighted by atomic mass is 19.2. The highest BCUT2D eigenvalue weighted by Crippen LogP contribution is 2.34. The average molecular weight is 499 g/mol. The molecule has 1 aliphatic carbocycles. The minimum Gasteiger partial charge on any atom is -0.491 e. The zero-order chi connectivity index (χ0) is 25.8. The molecule has 2 atom stereocenters. The Morgan fingerprint density at radius 2 is 1.56 bits per heavy atom. The van der Waals surface area contributed by atoms with Crippen LogP contribution in [0.15, 0.2) is 54.6 Å². The van der Waals surface area contributed by atoms with Gasteiger partial charge in [-0.2, -0.15) is 4.39 Å². The van der Waals surface area contributed by atoms with Crippen LogP contribution in [-0.2, 0) is 12.8 Å². The maximum atomic E-state index is 14.9. The largest absolute Gasteiger partial charge is 0.491 e. The Morgan fingerprint density at radius 3 is 2.19 bits per heavy atom. The Morgan fingerprint density at radius 1 is 0.861 bits per heavy atom. The normalized spacial score (nSPS) is 16.5. The smallest absolute Gasteiger partial charge is 0.201 e. The predicted molar refractivity (Wildman–Crippen MR) is 134 cm³/mol. The van der Waals surface area contributed by atoms with Crippen molar-refractivity contribution in [1.82, 2.24) is 0 Å². The molecular formula is C30H30F4O2. The molecule has 0 fully saturated rings. The summed E-state index contributed by atoms with van der Waals surface area (Å²) in [5.41, 5.74) is 2.87. The predicted octanol–water partition coefficient (Wildman–Crippen LogP) is 7.66. The van der Waals surface area contributed by atoms with E-state index >= 15 is 0 Å². The molecule has 0 spiro atoms. The molecule has 0 amide bonds. The SMILES string of the molecule is CCOc1ccc(-c2ccc(CCc3ccc(C4=CCC(C(C)O)CC4)c(F)c3F)cc2)c(F)c1F. The fourth-order valence-corrected chi connectivity index (χ4v) is 4.72. The summed E-state index contributed by atoms with van der Waals surface area (Å²) in [7, 11) is 0. The Labute approximate surface area is 209 Å². The number of benzene rings is 3. The molecule has 190 valence electrons. The summed E-state index contributed by atoms with van der Waals surface area (Å²) < 4.78 is 63.5. The number of ether oxygens (including phenoxy) is 1. The van der Waals surface area contributed by atoms with Crippen molar-refractivity contribution in [3.63, 3.8) is 0 Å². The third-order valence-corrected chi connectivity index (χ3v) is 6.94. The monoisotopic (exact) mass is 498 g/mol. The van der Waals surface area contributed by atoms with Crippen molar-refractivity contribution in [1.29, 1.82) is 0 Å². The first-order valence-electron chi connectivity index (χ1n) is 12.3. The molecule has 1 N–H and O–H groups in total. The lowest BCUT2D eigenvalue weighted by Crippen LogP contribution is -2.18. The zero-order valence-electron chi connectivity index (χ0n) is 20.5. The molecule has 36 heavy (non-hydrogen) atoms. The molecule has 3 aromatic rings. The molecule has 0 radical (unpaired) electrons. The van der Waals surface area contributed by atoms with Crippen LogP contribution in [0.2, 0.25) is 0 Å². The first-order chi connectivity index (χ1) is 17.3. The van der Waals surface area contributed by atoms with Gasteiger partial charge in [-0.05, 0) is 86.3 Å². The number of halogens is 4. The van der Waals surface area contributed by atoms with Crippen molar-refractivity contribution in [3.05, 3.63) is 94.6 Å². The average Bonchev–Trinajstić information content (AvgIpc) is 2.88. The minimum absolute atomic E-state index is 0.126. The number of aliphatic hydroxyl groups is 1. The molecule has 2 nitrogen and oxygen atoms in total. The number of hydrogen-bond donors (Lipinski definition) is 1. The standard InChI is InChI=1S/C30H30F4O2/c1-3-36-26-17-16-25(29(33)30(26)34)21-7-4-19(5-8-21)6-9-23-14-15-24(28(32)27(23)31)22-12-10-20(11-13-22)18(2)35/h4-5,7-8,12,14-18,20,35H,3,6,9-11,13H2,1-2H3. The number of rotatable bonds is 8. The fraction of sp³-hybridized carbons (Fsp3) is 0.333. The minimum atomic E-state index is -1.02. The van der Waals surface area contributed by atoms with Gasteiger partial charge in [0.25, 0.3) is 0 Å². The van der Waals surface area contributed by atoms with Gasteiger partial charge in [0, 0.05) is 11.1 Å². The summed E-state index contributed by atoms with van der Waals surface area (Å²) in [6.45, 7) is 3.69. The van der Waals surface area contributed by atoms with E-state index in [1.165, 1.54) is 12.1 Å². The Balaban J connectivity index is 1.44. The van der Waals surface area contributed by atoms with E-state index in [9.17, 15) is 22.7 Å². The third-order valence-electron chi connectivity index (χ3n) is 6.94. The van der Waals surface area contributed by atoms with Crippen molar-refractivity contribution in [2.75, 3.05) is 6.61 Å². The second-order valence-corrected chi connectivity index (χ2v) is 9.27. The summed E-state index contributed by atoms with van der Waals surface area (Å²) in [4.78, 5) is 0. The summed E-state index contributed by atoms with van der Waals surface area (Å²) in [6, 6.07) is 13.1. The lowest BCUT2D eigenvalue weighted by atomic mass is 9.83. The number of hydrogen-bond acceptors (Lipinski definition) is 2. The number of aliphatic hydroxyl groups excluding tert-OH is 1. The first-order valence-corrected chi connectivity index (χ1v) is 12.3. The van der Waals surface area contributed by atoms with E-state index in [4.69, 9.17) is 4.74 Å². The fourth-order valence-electron chi connectivity index (χ4n) is 4.72. The molecule has 6 heteroatoms. The molecule has 0 aliphatic heterocycles. The van der Waals surface area contributed by atoms with Gasteiger partial charge >= 0.3 is 0 Å². The molecule has 0 saturated heterocycles. The van der Waals surface area contributed by atoms with Crippen molar-refractivity contribution < 1.29 is 27.4 Å². The van der Waals surface area contributed by atoms with Crippen LogP contribution in [0.25, 0.3) is 16.7 Å². The van der Waals surface area contributed by atoms with Crippen LogP contribution in [-0.4, -0.2) is 17.8 Å². The Bertz CT molecular complexity index is 1250. The third kappa shape index (κ3) is 5.49. The molecule has 0 saturated carbocycles. The molecule has 0 aromatic heterocycles. The van der Waals surface area contributed by atoms with Crippen LogP contribution < -0.4 is 4.74 Å². The van der Waals surface area contributed by atoms with Gasteiger partial charge in [0.15, 0.2) is 23.2 Å². The zero-order valence-corrected chi connectivity index (χ0v) is 20.5. The molecule has 3 aromatic carbocycles. The van der Waals surface area contributed by atoms with Gasteiger partial charge in [-0.15, -0.1) is 0 Å². The van der Waals surface area contributed by atoms with Crippen LogP contribution in [0.1, 0.15) is 49.8 Å². The maximum absolute atomic E-state index is 14.9. The van der Waals surface area contributed by atoms with Crippen LogP contribution in [0, 0.1) is 29.2 Å². The molecular weight excluding hydrogens is 468 g/mol. The van der Waals surface area contributed by atoms with E-state index in [1.54, 1.807) is 50.2 Å². The van der Waals surface area contributed by atoms with E-state index in [-0.39, 0.29) is 29.4 Å². The summed E-state index contributed by atoms with van der Waals surface area (Å²) in [6.07, 6.45) is 4.26. The van der Waals surface area contributed by atoms with E-state index in [0.29, 0.717) is 36.8 Å². The van der Waals surface area contributed by atoms with Crippen molar-refractivity contribution in [2.45, 2.75) is 52.1 Å². The van der Waals surface area contributed by atoms with Crippen molar-refractivity contribution in [3.8, 4) is 16.9 Å². The molecule has 2 unspecified atom stereocenters. The van der Waals surface area contributed by atoms with Gasteiger partial charge in [-0.25, -0.2) is 13.2 Å². The maximum Gasteiger partial charge on any atom is 0.201 e. The van der Waals surface area contributed by atoms with Crippen LogP contribution >= 0.6 is 0 Å². The Kier molecular flexibility index (Phi) is 8.14. The second kappa shape index (κ2) is 11.3. The highest BCUT2D eigenvalue weighted by molar-refractivity contribution is 5.67. The topological polar surface area (TPSA) is 29.5 Å². The van der Waals surface area contributed by atoms with Gasteiger partial charge in [-0.3, -0.25) is 0 Å². The first kappa shape index (κ1) is 26.0. The van der Waals surface area contributed by atoms with E-state index in [2.05, 4.69) is 0 Å². The van der Waals surface area contributed by atoms with Crippen LogP contribution in [0.4, 0.5) is 17.6 Å². The molecule has 4 rings (SSSR count). The highest BCUT2D eigenvalue weighted by Gasteiger charge is 2.23. The quantitative estimate of drug-likeness (QED) is 0.323. The van der Waals surface area contributed by atoms with E-state index < -0.39 is 29.4 Å². The van der Waals surface area contributed by atoms with Crippen molar-refractivity contribution in [2.24, 2.45) is 5.92 Å². The lowest BCUT2D eigenvalue weighted by Gasteiger charge is -2.24. The Hall–Kier alpha value is -3.12. The van der Waals surface area contributed by atoms with Gasteiger partial charge < -0.3 is 9.84 Å². The number of allylic oxidation sites excluding steroid dienone is 2. The van der Waals surface area contributed by atoms with Crippen molar-refractivity contribution >= 4 is 5.57 Å². The summed E-state index contributed by atoms with van der Waals surface area (Å²) >= 11 is 0. The summed E-state index contributed by atoms with van der Waals surface area (Å²) in [5, 5.41) is 9.75. The van der Waals surface area contributed by atoms with Gasteiger partial charge in [0.2, 0.25) is 5.82 Å². The van der Waals surface area contributed by atoms with E-state index in [1.807, 2.05) is 6.08 Å². The molecule has 1 aliphatic rings.